The van der Waals surface area contributed by atoms with Gasteiger partial charge in [-0.15, -0.1) is 0 Å². The van der Waals surface area contributed by atoms with Gasteiger partial charge < -0.3 is 0 Å². The van der Waals surface area contributed by atoms with Crippen LogP contribution in [0.1, 0.15) is 13.3 Å². The zero-order valence-corrected chi connectivity index (χ0v) is 6.71. The Balaban J connectivity index is 2.74. The molecule has 0 fully saturated rings. The number of hydrogen-bond acceptors (Lipinski definition) is 0. The normalized spacial score (nSPS) is 27.2. The van der Waals surface area contributed by atoms with Crippen molar-refractivity contribution in [2.45, 2.75) is 13.3 Å². The number of allylic oxidation sites excluding steroid dienone is 4. The molecule has 0 amide bonds. The molecule has 1 unspecified atom stereocenters. The highest BCUT2D eigenvalue weighted by atomic mass is 35.5. The summed E-state index contributed by atoms with van der Waals surface area (Å²) in [6, 6.07) is 0. The first-order valence-corrected chi connectivity index (χ1v) is 3.67. The minimum atomic E-state index is 0.495. The molecule has 0 saturated heterocycles. The van der Waals surface area contributed by atoms with Crippen molar-refractivity contribution in [1.29, 1.82) is 0 Å². The molecular formula is C7H8Cl2. The summed E-state index contributed by atoms with van der Waals surface area (Å²) in [5, 5.41) is 1.62. The van der Waals surface area contributed by atoms with Gasteiger partial charge in [0.25, 0.3) is 0 Å². The van der Waals surface area contributed by atoms with Crippen molar-refractivity contribution in [3.63, 3.8) is 0 Å². The second-order valence-corrected chi connectivity index (χ2v) is 3.25. The van der Waals surface area contributed by atoms with Crippen LogP contribution in [0.4, 0.5) is 0 Å². The van der Waals surface area contributed by atoms with Crippen LogP contribution in [0.2, 0.25) is 0 Å². The first kappa shape index (κ1) is 7.17. The largest absolute Gasteiger partial charge is 0.0891 e. The average molecular weight is 163 g/mol. The third kappa shape index (κ3) is 2.04. The first-order valence-electron chi connectivity index (χ1n) is 2.92. The van der Waals surface area contributed by atoms with Crippen LogP contribution in [0.3, 0.4) is 0 Å². The number of halogens is 2. The van der Waals surface area contributed by atoms with Crippen molar-refractivity contribution in [3.8, 4) is 0 Å². The molecule has 0 aromatic rings. The van der Waals surface area contributed by atoms with E-state index in [2.05, 4.69) is 6.92 Å². The van der Waals surface area contributed by atoms with Crippen LogP contribution in [-0.4, -0.2) is 0 Å². The highest BCUT2D eigenvalue weighted by molar-refractivity contribution is 6.34. The van der Waals surface area contributed by atoms with Crippen LogP contribution < -0.4 is 0 Å². The summed E-state index contributed by atoms with van der Waals surface area (Å²) >= 11 is 11.4. The molecule has 0 aromatic carbocycles. The van der Waals surface area contributed by atoms with E-state index in [9.17, 15) is 0 Å². The standard InChI is InChI=1S/C7H8Cl2/c1-5-2-6(8)4-7(9)3-5/h2,4-5H,3H2,1H3. The van der Waals surface area contributed by atoms with E-state index in [-0.39, 0.29) is 0 Å². The van der Waals surface area contributed by atoms with E-state index >= 15 is 0 Å². The topological polar surface area (TPSA) is 0 Å². The van der Waals surface area contributed by atoms with E-state index in [1.165, 1.54) is 0 Å². The molecule has 0 spiro atoms. The average Bonchev–Trinajstić information content (AvgIpc) is 1.59. The molecule has 0 aliphatic heterocycles. The summed E-state index contributed by atoms with van der Waals surface area (Å²) in [4.78, 5) is 0. The molecule has 0 heterocycles. The van der Waals surface area contributed by atoms with E-state index < -0.39 is 0 Å². The van der Waals surface area contributed by atoms with E-state index in [0.717, 1.165) is 16.5 Å². The summed E-state index contributed by atoms with van der Waals surface area (Å²) in [6.45, 7) is 2.10. The van der Waals surface area contributed by atoms with Crippen molar-refractivity contribution in [2.75, 3.05) is 0 Å². The molecule has 9 heavy (non-hydrogen) atoms. The van der Waals surface area contributed by atoms with Crippen LogP contribution in [-0.2, 0) is 0 Å². The van der Waals surface area contributed by atoms with E-state index in [0.29, 0.717) is 5.92 Å². The van der Waals surface area contributed by atoms with Gasteiger partial charge in [-0.05, 0) is 18.4 Å². The predicted molar refractivity (Wildman–Crippen MR) is 41.7 cm³/mol. The molecule has 1 aliphatic carbocycles. The Bertz CT molecular complexity index is 168. The third-order valence-corrected chi connectivity index (χ3v) is 1.75. The SMILES string of the molecule is CC1C=C(Cl)C=C(Cl)C1. The summed E-state index contributed by atoms with van der Waals surface area (Å²) in [5.41, 5.74) is 0. The Kier molecular flexibility index (Phi) is 2.20. The highest BCUT2D eigenvalue weighted by Crippen LogP contribution is 2.26. The molecule has 0 nitrogen and oxygen atoms in total. The second kappa shape index (κ2) is 2.76. The maximum atomic E-state index is 5.74. The fraction of sp³-hybridized carbons (Fsp3) is 0.429. The Morgan fingerprint density at radius 1 is 1.56 bits per heavy atom. The number of rotatable bonds is 0. The highest BCUT2D eigenvalue weighted by Gasteiger charge is 2.07. The molecule has 0 saturated carbocycles. The van der Waals surface area contributed by atoms with E-state index in [4.69, 9.17) is 23.2 Å². The summed E-state index contributed by atoms with van der Waals surface area (Å²) < 4.78 is 0. The van der Waals surface area contributed by atoms with Crippen molar-refractivity contribution < 1.29 is 0 Å². The lowest BCUT2D eigenvalue weighted by molar-refractivity contribution is 0.726. The minimum Gasteiger partial charge on any atom is -0.0891 e. The van der Waals surface area contributed by atoms with Crippen LogP contribution >= 0.6 is 23.2 Å². The van der Waals surface area contributed by atoms with Crippen molar-refractivity contribution >= 4 is 23.2 Å². The molecule has 1 aliphatic rings. The zero-order valence-electron chi connectivity index (χ0n) is 5.20. The lowest BCUT2D eigenvalue weighted by Gasteiger charge is -2.10. The Hall–Kier alpha value is 0.0600. The van der Waals surface area contributed by atoms with Gasteiger partial charge in [0, 0.05) is 10.1 Å². The second-order valence-electron chi connectivity index (χ2n) is 2.32. The predicted octanol–water partition coefficient (Wildman–Crippen LogP) is 3.27. The fourth-order valence-corrected chi connectivity index (χ4v) is 1.66. The smallest absolute Gasteiger partial charge is 0.0380 e. The first-order chi connectivity index (χ1) is 4.18. The van der Waals surface area contributed by atoms with Gasteiger partial charge in [-0.2, -0.15) is 0 Å². The maximum Gasteiger partial charge on any atom is 0.0380 e. The Morgan fingerprint density at radius 2 is 2.22 bits per heavy atom. The molecule has 2 heteroatoms. The van der Waals surface area contributed by atoms with Gasteiger partial charge in [-0.1, -0.05) is 36.2 Å². The van der Waals surface area contributed by atoms with Gasteiger partial charge >= 0.3 is 0 Å². The van der Waals surface area contributed by atoms with Gasteiger partial charge in [0.1, 0.15) is 0 Å². The minimum absolute atomic E-state index is 0.495. The number of hydrogen-bond donors (Lipinski definition) is 0. The lowest BCUT2D eigenvalue weighted by atomic mass is 10.0. The van der Waals surface area contributed by atoms with Crippen LogP contribution in [0.25, 0.3) is 0 Å². The van der Waals surface area contributed by atoms with Gasteiger partial charge in [-0.25, -0.2) is 0 Å². The van der Waals surface area contributed by atoms with E-state index in [1.807, 2.05) is 6.08 Å². The van der Waals surface area contributed by atoms with Crippen LogP contribution in [0, 0.1) is 5.92 Å². The van der Waals surface area contributed by atoms with Crippen LogP contribution in [0.15, 0.2) is 22.2 Å². The summed E-state index contributed by atoms with van der Waals surface area (Å²) in [6.07, 6.45) is 4.73. The Morgan fingerprint density at radius 3 is 2.67 bits per heavy atom. The fourth-order valence-electron chi connectivity index (χ4n) is 0.895. The molecule has 0 radical (unpaired) electrons. The molecule has 50 valence electrons. The van der Waals surface area contributed by atoms with Crippen molar-refractivity contribution in [2.24, 2.45) is 5.92 Å². The van der Waals surface area contributed by atoms with Gasteiger partial charge in [0.15, 0.2) is 0 Å². The monoisotopic (exact) mass is 162 g/mol. The maximum absolute atomic E-state index is 5.74. The lowest BCUT2D eigenvalue weighted by Crippen LogP contribution is -1.94. The van der Waals surface area contributed by atoms with E-state index in [1.54, 1.807) is 6.08 Å². The molecule has 1 atom stereocenters. The van der Waals surface area contributed by atoms with Crippen LogP contribution in [0.5, 0.6) is 0 Å². The van der Waals surface area contributed by atoms with Gasteiger partial charge in [-0.3, -0.25) is 0 Å². The quantitative estimate of drug-likeness (QED) is 0.514. The van der Waals surface area contributed by atoms with Gasteiger partial charge in [0.2, 0.25) is 0 Å². The molecule has 0 bridgehead atoms. The molecule has 1 rings (SSSR count). The van der Waals surface area contributed by atoms with Crippen molar-refractivity contribution in [1.82, 2.24) is 0 Å². The summed E-state index contributed by atoms with van der Waals surface area (Å²) in [7, 11) is 0. The molecular weight excluding hydrogens is 155 g/mol. The van der Waals surface area contributed by atoms with Gasteiger partial charge in [0.05, 0.1) is 0 Å². The molecule has 0 N–H and O–H groups in total. The zero-order chi connectivity index (χ0) is 6.85. The third-order valence-electron chi connectivity index (χ3n) is 1.26. The van der Waals surface area contributed by atoms with Crippen molar-refractivity contribution in [3.05, 3.63) is 22.2 Å². The Labute approximate surface area is 65.2 Å². The summed E-state index contributed by atoms with van der Waals surface area (Å²) in [5.74, 6) is 0.495. The molecule has 0 aromatic heterocycles.